The third-order valence-electron chi connectivity index (χ3n) is 5.16. The highest BCUT2D eigenvalue weighted by molar-refractivity contribution is 9.10. The molecule has 2 N–H and O–H groups in total. The number of nitrogens with zero attached hydrogens (tertiary/aromatic N) is 3. The number of hydrogen-bond acceptors (Lipinski definition) is 5. The first-order chi connectivity index (χ1) is 12.5. The van der Waals surface area contributed by atoms with Crippen molar-refractivity contribution in [2.75, 3.05) is 0 Å². The van der Waals surface area contributed by atoms with Crippen molar-refractivity contribution in [1.82, 2.24) is 20.0 Å². The smallest absolute Gasteiger partial charge is 0.327 e. The lowest BCUT2D eigenvalue weighted by atomic mass is 9.95. The Bertz CT molecular complexity index is 824. The van der Waals surface area contributed by atoms with Crippen LogP contribution in [0.2, 0.25) is 0 Å². The fourth-order valence-electron chi connectivity index (χ4n) is 3.64. The second-order valence-electron chi connectivity index (χ2n) is 7.65. The van der Waals surface area contributed by atoms with Gasteiger partial charge in [0.25, 0.3) is 0 Å². The van der Waals surface area contributed by atoms with Gasteiger partial charge in [0.2, 0.25) is 11.8 Å². The zero-order chi connectivity index (χ0) is 20.3. The van der Waals surface area contributed by atoms with Crippen LogP contribution in [0.1, 0.15) is 32.2 Å². The molecule has 2 aliphatic rings. The molecule has 3 rings (SSSR count). The summed E-state index contributed by atoms with van der Waals surface area (Å²) >= 11 is 4.89. The largest absolute Gasteiger partial charge is 0.480 e. The van der Waals surface area contributed by atoms with E-state index in [9.17, 15) is 19.5 Å². The van der Waals surface area contributed by atoms with E-state index in [1.54, 1.807) is 11.6 Å². The second kappa shape index (κ2) is 6.80. The maximum absolute atomic E-state index is 12.6. The number of amides is 2. The maximum atomic E-state index is 12.6. The number of carbonyl (C=O) groups excluding carboxylic acids is 2. The molecule has 27 heavy (non-hydrogen) atoms. The number of fused-ring (bicyclic) bond motifs is 1. The van der Waals surface area contributed by atoms with Crippen LogP contribution in [-0.2, 0) is 20.9 Å². The number of halogens is 1. The third-order valence-corrected chi connectivity index (χ3v) is 7.88. The van der Waals surface area contributed by atoms with Crippen molar-refractivity contribution >= 4 is 45.5 Å². The van der Waals surface area contributed by atoms with Crippen molar-refractivity contribution in [3.63, 3.8) is 0 Å². The minimum Gasteiger partial charge on any atom is -0.480 e. The summed E-state index contributed by atoms with van der Waals surface area (Å²) in [6.07, 6.45) is 0. The van der Waals surface area contributed by atoms with Crippen LogP contribution in [0.4, 0.5) is 0 Å². The Morgan fingerprint density at radius 1 is 1.41 bits per heavy atom. The number of hydrogen-bond donors (Lipinski definition) is 2. The van der Waals surface area contributed by atoms with Crippen molar-refractivity contribution in [2.45, 2.75) is 63.4 Å². The molecule has 0 spiro atoms. The summed E-state index contributed by atoms with van der Waals surface area (Å²) < 4.78 is 2.09. The van der Waals surface area contributed by atoms with E-state index in [-0.39, 0.29) is 23.1 Å². The number of thioether (sulfide) groups is 1. The number of rotatable bonds is 5. The van der Waals surface area contributed by atoms with E-state index in [2.05, 4.69) is 26.3 Å². The van der Waals surface area contributed by atoms with Crippen molar-refractivity contribution in [1.29, 1.82) is 0 Å². The number of carbonyl (C=O) groups is 3. The number of β-lactam (4-membered cyclic amide) rings is 1. The van der Waals surface area contributed by atoms with Crippen molar-refractivity contribution in [3.8, 4) is 0 Å². The molecule has 0 saturated carbocycles. The highest BCUT2D eigenvalue weighted by atomic mass is 79.9. The maximum Gasteiger partial charge on any atom is 0.327 e. The monoisotopic (exact) mass is 458 g/mol. The number of nitrogens with one attached hydrogen (secondary N) is 1. The molecule has 3 heterocycles. The van der Waals surface area contributed by atoms with Gasteiger partial charge in [-0.15, -0.1) is 11.8 Å². The lowest BCUT2D eigenvalue weighted by Crippen LogP contribution is -2.71. The van der Waals surface area contributed by atoms with Gasteiger partial charge in [-0.1, -0.05) is 6.92 Å². The molecule has 148 valence electrons. The Hall–Kier alpha value is -1.55. The van der Waals surface area contributed by atoms with Crippen molar-refractivity contribution in [2.24, 2.45) is 5.92 Å². The van der Waals surface area contributed by atoms with Gasteiger partial charge in [-0.3, -0.25) is 14.3 Å². The van der Waals surface area contributed by atoms with Gasteiger partial charge in [0.1, 0.15) is 17.5 Å². The molecule has 0 aromatic carbocycles. The average molecular weight is 459 g/mol. The molecule has 8 nitrogen and oxygen atoms in total. The van der Waals surface area contributed by atoms with E-state index >= 15 is 0 Å². The molecule has 4 atom stereocenters. The summed E-state index contributed by atoms with van der Waals surface area (Å²) in [7, 11) is 0. The Morgan fingerprint density at radius 3 is 2.56 bits per heavy atom. The molecular weight excluding hydrogens is 436 g/mol. The summed E-state index contributed by atoms with van der Waals surface area (Å²) in [6, 6.07) is -1.56. The van der Waals surface area contributed by atoms with Gasteiger partial charge < -0.3 is 15.3 Å². The molecule has 4 unspecified atom stereocenters. The molecule has 0 radical (unpaired) electrons. The van der Waals surface area contributed by atoms with Crippen LogP contribution in [0, 0.1) is 19.8 Å². The lowest BCUT2D eigenvalue weighted by molar-refractivity contribution is -0.161. The number of aromatic nitrogens is 2. The SMILES string of the molecule is Cc1nn(CC(C)C(=O)NC2C(=O)N3C2SC(C)(C)C3C(=O)O)c(C)c1Br. The van der Waals surface area contributed by atoms with Crippen LogP contribution in [0.25, 0.3) is 0 Å². The van der Waals surface area contributed by atoms with E-state index < -0.39 is 22.8 Å². The molecule has 0 aliphatic carbocycles. The Balaban J connectivity index is 1.66. The van der Waals surface area contributed by atoms with Gasteiger partial charge in [-0.25, -0.2) is 4.79 Å². The Morgan fingerprint density at radius 2 is 2.04 bits per heavy atom. The number of carboxylic acids is 1. The van der Waals surface area contributed by atoms with Gasteiger partial charge in [-0.2, -0.15) is 5.10 Å². The van der Waals surface area contributed by atoms with E-state index in [0.717, 1.165) is 15.9 Å². The van der Waals surface area contributed by atoms with Gasteiger partial charge in [0.05, 0.1) is 22.6 Å². The molecule has 0 bridgehead atoms. The van der Waals surface area contributed by atoms with Crippen molar-refractivity contribution < 1.29 is 19.5 Å². The topological polar surface area (TPSA) is 105 Å². The highest BCUT2D eigenvalue weighted by Crippen LogP contribution is 2.50. The molecule has 1 aromatic heterocycles. The predicted molar refractivity (Wildman–Crippen MR) is 104 cm³/mol. The fourth-order valence-corrected chi connectivity index (χ4v) is 5.55. The molecule has 2 amide bonds. The zero-order valence-corrected chi connectivity index (χ0v) is 18.2. The first-order valence-electron chi connectivity index (χ1n) is 8.68. The molecule has 10 heteroatoms. The summed E-state index contributed by atoms with van der Waals surface area (Å²) in [4.78, 5) is 38.0. The summed E-state index contributed by atoms with van der Waals surface area (Å²) in [5, 5.41) is 16.3. The Labute approximate surface area is 170 Å². The summed E-state index contributed by atoms with van der Waals surface area (Å²) in [6.45, 7) is 9.61. The van der Waals surface area contributed by atoms with Gasteiger partial charge in [0.15, 0.2) is 0 Å². The summed E-state index contributed by atoms with van der Waals surface area (Å²) in [5.74, 6) is -1.98. The fraction of sp³-hybridized carbons (Fsp3) is 0.647. The van der Waals surface area contributed by atoms with Gasteiger partial charge in [0, 0.05) is 10.4 Å². The van der Waals surface area contributed by atoms with Gasteiger partial charge >= 0.3 is 5.97 Å². The molecule has 1 aromatic rings. The zero-order valence-electron chi connectivity index (χ0n) is 15.8. The average Bonchev–Trinajstić information content (AvgIpc) is 2.97. The van der Waals surface area contributed by atoms with E-state index in [4.69, 9.17) is 0 Å². The van der Waals surface area contributed by atoms with E-state index in [1.165, 1.54) is 16.7 Å². The normalized spacial score (nSPS) is 27.1. The molecule has 2 aliphatic heterocycles. The van der Waals surface area contributed by atoms with Crippen LogP contribution < -0.4 is 5.32 Å². The van der Waals surface area contributed by atoms with Crippen LogP contribution >= 0.6 is 27.7 Å². The van der Waals surface area contributed by atoms with E-state index in [0.29, 0.717) is 6.54 Å². The highest BCUT2D eigenvalue weighted by Gasteiger charge is 2.64. The Kier molecular flexibility index (Phi) is 5.09. The van der Waals surface area contributed by atoms with Crippen LogP contribution in [-0.4, -0.2) is 59.8 Å². The first kappa shape index (κ1) is 20.2. The molecule has 2 saturated heterocycles. The van der Waals surface area contributed by atoms with Crippen LogP contribution in [0.3, 0.4) is 0 Å². The van der Waals surface area contributed by atoms with Crippen LogP contribution in [0.5, 0.6) is 0 Å². The quantitative estimate of drug-likeness (QED) is 0.648. The van der Waals surface area contributed by atoms with Gasteiger partial charge in [-0.05, 0) is 43.6 Å². The van der Waals surface area contributed by atoms with E-state index in [1.807, 2.05) is 27.7 Å². The lowest BCUT2D eigenvalue weighted by Gasteiger charge is -2.43. The second-order valence-corrected chi connectivity index (χ2v) is 10.2. The minimum absolute atomic E-state index is 0.242. The van der Waals surface area contributed by atoms with Crippen LogP contribution in [0.15, 0.2) is 4.47 Å². The van der Waals surface area contributed by atoms with Crippen molar-refractivity contribution in [3.05, 3.63) is 15.9 Å². The minimum atomic E-state index is -1.02. The first-order valence-corrected chi connectivity index (χ1v) is 10.4. The number of aryl methyl sites for hydroxylation is 1. The summed E-state index contributed by atoms with van der Waals surface area (Å²) in [5.41, 5.74) is 1.80. The number of carboxylic acid groups (broad SMARTS) is 1. The molecular formula is C17H23BrN4O4S. The molecule has 2 fully saturated rings. The third kappa shape index (κ3) is 3.26. The predicted octanol–water partition coefficient (Wildman–Crippen LogP) is 1.53. The standard InChI is InChI=1S/C17H23BrN4O4S/c1-7(6-21-9(3)10(18)8(2)20-21)13(23)19-11-14(24)22-12(16(25)26)17(4,5)27-15(11)22/h7,11-12,15H,6H2,1-5H3,(H,19,23)(H,25,26). The number of aliphatic carboxylic acids is 1.